The van der Waals surface area contributed by atoms with E-state index in [0.717, 1.165) is 31.7 Å². The Bertz CT molecular complexity index is 331. The second kappa shape index (κ2) is 6.12. The van der Waals surface area contributed by atoms with Gasteiger partial charge in [-0.05, 0) is 34.4 Å². The van der Waals surface area contributed by atoms with Crippen LogP contribution in [0.4, 0.5) is 0 Å². The number of hydrogen-bond donors (Lipinski definition) is 1. The lowest BCUT2D eigenvalue weighted by Gasteiger charge is -2.34. The van der Waals surface area contributed by atoms with Gasteiger partial charge >= 0.3 is 0 Å². The zero-order valence-electron chi connectivity index (χ0n) is 11.7. The molecule has 0 aromatic carbocycles. The van der Waals surface area contributed by atoms with Crippen LogP contribution in [0.3, 0.4) is 0 Å². The van der Waals surface area contributed by atoms with E-state index in [1.807, 2.05) is 17.9 Å². The fourth-order valence-corrected chi connectivity index (χ4v) is 1.53. The van der Waals surface area contributed by atoms with Gasteiger partial charge in [-0.15, -0.1) is 5.10 Å². The molecule has 0 radical (unpaired) electrons. The van der Waals surface area contributed by atoms with Crippen molar-refractivity contribution in [3.63, 3.8) is 0 Å². The minimum Gasteiger partial charge on any atom is -0.314 e. The van der Waals surface area contributed by atoms with Crippen molar-refractivity contribution in [2.75, 3.05) is 20.6 Å². The van der Waals surface area contributed by atoms with Crippen LogP contribution in [-0.2, 0) is 13.1 Å². The fourth-order valence-electron chi connectivity index (χ4n) is 1.53. The summed E-state index contributed by atoms with van der Waals surface area (Å²) in [6.45, 7) is 9.40. The van der Waals surface area contributed by atoms with Gasteiger partial charge in [0, 0.05) is 24.8 Å². The molecule has 0 atom stereocenters. The highest BCUT2D eigenvalue weighted by Crippen LogP contribution is 2.15. The van der Waals surface area contributed by atoms with Crippen LogP contribution < -0.4 is 5.32 Å². The summed E-state index contributed by atoms with van der Waals surface area (Å²) in [5, 5.41) is 11.3. The molecular formula is C12H25N5. The van der Waals surface area contributed by atoms with Crippen molar-refractivity contribution < 1.29 is 0 Å². The van der Waals surface area contributed by atoms with E-state index in [2.05, 4.69) is 48.3 Å². The maximum atomic E-state index is 4.11. The maximum absolute atomic E-state index is 4.11. The molecule has 1 aromatic rings. The lowest BCUT2D eigenvalue weighted by Crippen LogP contribution is -2.42. The molecule has 1 heterocycles. The Kier molecular flexibility index (Phi) is 5.08. The van der Waals surface area contributed by atoms with Gasteiger partial charge < -0.3 is 5.32 Å². The first-order valence-corrected chi connectivity index (χ1v) is 6.24. The Balaban J connectivity index is 2.44. The summed E-state index contributed by atoms with van der Waals surface area (Å²) in [7, 11) is 4.07. The first-order chi connectivity index (χ1) is 7.99. The molecule has 5 nitrogen and oxygen atoms in total. The van der Waals surface area contributed by atoms with E-state index in [0.29, 0.717) is 0 Å². The van der Waals surface area contributed by atoms with Gasteiger partial charge in [0.1, 0.15) is 0 Å². The average molecular weight is 239 g/mol. The molecule has 0 aliphatic heterocycles. The molecular weight excluding hydrogens is 214 g/mol. The molecule has 17 heavy (non-hydrogen) atoms. The zero-order chi connectivity index (χ0) is 12.9. The summed E-state index contributed by atoms with van der Waals surface area (Å²) in [5.74, 6) is 0. The SMILES string of the molecule is CCC(C)(C)N(C)CCn1cc(CNC)nn1. The van der Waals surface area contributed by atoms with Gasteiger partial charge in [0.2, 0.25) is 0 Å². The highest BCUT2D eigenvalue weighted by atomic mass is 15.4. The van der Waals surface area contributed by atoms with Crippen LogP contribution in [-0.4, -0.2) is 46.1 Å². The molecule has 0 unspecified atom stereocenters. The minimum absolute atomic E-state index is 0.244. The summed E-state index contributed by atoms with van der Waals surface area (Å²) in [5.41, 5.74) is 1.24. The number of rotatable bonds is 7. The molecule has 0 spiro atoms. The molecule has 0 saturated heterocycles. The monoisotopic (exact) mass is 239 g/mol. The molecule has 0 aliphatic rings. The van der Waals surface area contributed by atoms with Gasteiger partial charge in [-0.3, -0.25) is 9.58 Å². The van der Waals surface area contributed by atoms with Crippen LogP contribution in [0.5, 0.6) is 0 Å². The Morgan fingerprint density at radius 1 is 1.47 bits per heavy atom. The van der Waals surface area contributed by atoms with Crippen LogP contribution >= 0.6 is 0 Å². The van der Waals surface area contributed by atoms with Crippen molar-refractivity contribution >= 4 is 0 Å². The zero-order valence-corrected chi connectivity index (χ0v) is 11.7. The van der Waals surface area contributed by atoms with E-state index in [-0.39, 0.29) is 5.54 Å². The summed E-state index contributed by atoms with van der Waals surface area (Å²) < 4.78 is 1.91. The standard InChI is InChI=1S/C12H25N5/c1-6-12(2,3)16(5)7-8-17-10-11(9-13-4)14-15-17/h10,13H,6-9H2,1-5H3. The van der Waals surface area contributed by atoms with E-state index in [1.54, 1.807) is 0 Å². The molecule has 1 N–H and O–H groups in total. The van der Waals surface area contributed by atoms with E-state index >= 15 is 0 Å². The van der Waals surface area contributed by atoms with Crippen molar-refractivity contribution in [2.45, 2.75) is 45.8 Å². The van der Waals surface area contributed by atoms with Gasteiger partial charge in [0.05, 0.1) is 12.2 Å². The molecule has 0 bridgehead atoms. The Labute approximate surface area is 104 Å². The van der Waals surface area contributed by atoms with Crippen LogP contribution in [0, 0.1) is 0 Å². The van der Waals surface area contributed by atoms with Gasteiger partial charge in [0.25, 0.3) is 0 Å². The van der Waals surface area contributed by atoms with E-state index in [9.17, 15) is 0 Å². The third-order valence-corrected chi connectivity index (χ3v) is 3.51. The fraction of sp³-hybridized carbons (Fsp3) is 0.833. The molecule has 5 heteroatoms. The van der Waals surface area contributed by atoms with Crippen molar-refractivity contribution in [3.8, 4) is 0 Å². The van der Waals surface area contributed by atoms with E-state index in [1.165, 1.54) is 0 Å². The average Bonchev–Trinajstić information content (AvgIpc) is 2.74. The topological polar surface area (TPSA) is 46.0 Å². The Morgan fingerprint density at radius 3 is 2.76 bits per heavy atom. The normalized spacial score (nSPS) is 12.4. The highest BCUT2D eigenvalue weighted by Gasteiger charge is 2.20. The van der Waals surface area contributed by atoms with Crippen molar-refractivity contribution in [1.29, 1.82) is 0 Å². The van der Waals surface area contributed by atoms with Crippen molar-refractivity contribution in [2.24, 2.45) is 0 Å². The van der Waals surface area contributed by atoms with Crippen molar-refractivity contribution in [3.05, 3.63) is 11.9 Å². The van der Waals surface area contributed by atoms with Crippen LogP contribution in [0.1, 0.15) is 32.9 Å². The third kappa shape index (κ3) is 4.09. The van der Waals surface area contributed by atoms with Crippen LogP contribution in [0.25, 0.3) is 0 Å². The first kappa shape index (κ1) is 14.1. The molecule has 0 fully saturated rings. The number of aromatic nitrogens is 3. The minimum atomic E-state index is 0.244. The first-order valence-electron chi connectivity index (χ1n) is 6.24. The largest absolute Gasteiger partial charge is 0.314 e. The predicted octanol–water partition coefficient (Wildman–Crippen LogP) is 1.12. The third-order valence-electron chi connectivity index (χ3n) is 3.51. The lowest BCUT2D eigenvalue weighted by atomic mass is 10.0. The van der Waals surface area contributed by atoms with Gasteiger partial charge in [0.15, 0.2) is 0 Å². The summed E-state index contributed by atoms with van der Waals surface area (Å²) in [4.78, 5) is 2.37. The molecule has 1 aromatic heterocycles. The van der Waals surface area contributed by atoms with Gasteiger partial charge in [-0.2, -0.15) is 0 Å². The molecule has 0 aliphatic carbocycles. The second-order valence-corrected chi connectivity index (χ2v) is 5.09. The summed E-state index contributed by atoms with van der Waals surface area (Å²) in [6.07, 6.45) is 3.15. The van der Waals surface area contributed by atoms with Crippen molar-refractivity contribution in [1.82, 2.24) is 25.2 Å². The smallest absolute Gasteiger partial charge is 0.0964 e. The van der Waals surface area contributed by atoms with Gasteiger partial charge in [-0.25, -0.2) is 0 Å². The predicted molar refractivity (Wildman–Crippen MR) is 69.8 cm³/mol. The van der Waals surface area contributed by atoms with E-state index in [4.69, 9.17) is 0 Å². The number of nitrogens with zero attached hydrogens (tertiary/aromatic N) is 4. The quantitative estimate of drug-likeness (QED) is 0.774. The highest BCUT2D eigenvalue weighted by molar-refractivity contribution is 4.91. The van der Waals surface area contributed by atoms with Gasteiger partial charge in [-0.1, -0.05) is 12.1 Å². The second-order valence-electron chi connectivity index (χ2n) is 5.09. The molecule has 0 amide bonds. The maximum Gasteiger partial charge on any atom is 0.0964 e. The number of likely N-dealkylation sites (N-methyl/N-ethyl adjacent to an activating group) is 1. The lowest BCUT2D eigenvalue weighted by molar-refractivity contribution is 0.144. The molecule has 1 rings (SSSR count). The number of hydrogen-bond acceptors (Lipinski definition) is 4. The summed E-state index contributed by atoms with van der Waals surface area (Å²) in [6, 6.07) is 0. The Morgan fingerprint density at radius 2 is 2.18 bits per heavy atom. The molecule has 98 valence electrons. The van der Waals surface area contributed by atoms with Crippen LogP contribution in [0.2, 0.25) is 0 Å². The number of nitrogens with one attached hydrogen (secondary N) is 1. The molecule has 0 saturated carbocycles. The summed E-state index contributed by atoms with van der Waals surface area (Å²) >= 11 is 0. The van der Waals surface area contributed by atoms with E-state index < -0.39 is 0 Å². The van der Waals surface area contributed by atoms with Crippen LogP contribution in [0.15, 0.2) is 6.20 Å². The Hall–Kier alpha value is -0.940.